The quantitative estimate of drug-likeness (QED) is 0.752. The minimum atomic E-state index is 0.233. The summed E-state index contributed by atoms with van der Waals surface area (Å²) in [4.78, 5) is 0. The molecule has 0 aliphatic rings. The molecule has 0 fully saturated rings. The highest BCUT2D eigenvalue weighted by molar-refractivity contribution is 5.55. The lowest BCUT2D eigenvalue weighted by Gasteiger charge is -2.18. The number of ether oxygens (including phenoxy) is 3. The molecule has 102 valence electrons. The summed E-state index contributed by atoms with van der Waals surface area (Å²) in [5, 5.41) is 0. The number of rotatable bonds is 7. The summed E-state index contributed by atoms with van der Waals surface area (Å²) in [7, 11) is 4.80. The summed E-state index contributed by atoms with van der Waals surface area (Å²) in [6, 6.07) is 3.82. The lowest BCUT2D eigenvalue weighted by molar-refractivity contribution is 0.321. The number of methoxy groups -OCH3 is 3. The van der Waals surface area contributed by atoms with Crippen LogP contribution in [0.15, 0.2) is 12.1 Å². The van der Waals surface area contributed by atoms with Crippen LogP contribution in [0.5, 0.6) is 17.2 Å². The van der Waals surface area contributed by atoms with Crippen molar-refractivity contribution in [3.05, 3.63) is 17.7 Å². The molecule has 1 rings (SSSR count). The molecular formula is C13H22N2O3. The highest BCUT2D eigenvalue weighted by Gasteiger charge is 2.17. The molecule has 0 bridgehead atoms. The van der Waals surface area contributed by atoms with Crippen molar-refractivity contribution in [1.82, 2.24) is 0 Å². The fourth-order valence-electron chi connectivity index (χ4n) is 1.90. The molecule has 1 aromatic rings. The van der Waals surface area contributed by atoms with Gasteiger partial charge in [-0.3, -0.25) is 0 Å². The van der Waals surface area contributed by atoms with Crippen LogP contribution in [0.4, 0.5) is 0 Å². The zero-order valence-corrected chi connectivity index (χ0v) is 11.2. The molecule has 18 heavy (non-hydrogen) atoms. The van der Waals surface area contributed by atoms with Gasteiger partial charge in [-0.2, -0.15) is 0 Å². The van der Waals surface area contributed by atoms with Crippen LogP contribution in [0.2, 0.25) is 0 Å². The van der Waals surface area contributed by atoms with E-state index >= 15 is 0 Å². The molecule has 0 radical (unpaired) electrons. The minimum absolute atomic E-state index is 0.233. The molecule has 0 aromatic heterocycles. The van der Waals surface area contributed by atoms with Crippen LogP contribution in [-0.2, 0) is 6.42 Å². The largest absolute Gasteiger partial charge is 0.493 e. The molecule has 5 heteroatoms. The summed E-state index contributed by atoms with van der Waals surface area (Å²) in [5.41, 5.74) is 12.4. The smallest absolute Gasteiger partial charge is 0.203 e. The second-order valence-electron chi connectivity index (χ2n) is 4.03. The average molecular weight is 254 g/mol. The Labute approximate surface area is 108 Å². The van der Waals surface area contributed by atoms with E-state index in [0.717, 1.165) is 12.0 Å². The van der Waals surface area contributed by atoms with Gasteiger partial charge in [0.1, 0.15) is 0 Å². The molecule has 0 spiro atoms. The highest BCUT2D eigenvalue weighted by atomic mass is 16.5. The van der Waals surface area contributed by atoms with Gasteiger partial charge in [0.15, 0.2) is 11.5 Å². The molecule has 0 saturated heterocycles. The predicted octanol–water partition coefficient (Wildman–Crippen LogP) is 0.789. The Bertz CT molecular complexity index is 379. The maximum atomic E-state index is 5.67. The Morgan fingerprint density at radius 2 is 1.56 bits per heavy atom. The standard InChI is InChI=1S/C13H22N2O3/c1-16-11-5-4-10(6-9(7-14)8-15)12(17-2)13(11)18-3/h4-5,9H,6-8,14-15H2,1-3H3. The maximum Gasteiger partial charge on any atom is 0.203 e. The van der Waals surface area contributed by atoms with E-state index in [4.69, 9.17) is 25.7 Å². The van der Waals surface area contributed by atoms with E-state index in [1.807, 2.05) is 12.1 Å². The Morgan fingerprint density at radius 3 is 2.00 bits per heavy atom. The van der Waals surface area contributed by atoms with Crippen LogP contribution in [0, 0.1) is 5.92 Å². The van der Waals surface area contributed by atoms with Gasteiger partial charge in [0.2, 0.25) is 5.75 Å². The summed E-state index contributed by atoms with van der Waals surface area (Å²) < 4.78 is 16.0. The molecule has 0 atom stereocenters. The second-order valence-corrected chi connectivity index (χ2v) is 4.03. The molecule has 0 saturated carbocycles. The zero-order valence-electron chi connectivity index (χ0n) is 11.2. The molecule has 0 aliphatic heterocycles. The molecule has 1 aromatic carbocycles. The van der Waals surface area contributed by atoms with Gasteiger partial charge in [-0.1, -0.05) is 6.07 Å². The molecule has 0 unspecified atom stereocenters. The van der Waals surface area contributed by atoms with E-state index < -0.39 is 0 Å². The van der Waals surface area contributed by atoms with Crippen molar-refractivity contribution in [2.75, 3.05) is 34.4 Å². The third-order valence-electron chi connectivity index (χ3n) is 2.96. The topological polar surface area (TPSA) is 79.7 Å². The van der Waals surface area contributed by atoms with Crippen LogP contribution in [-0.4, -0.2) is 34.4 Å². The fourth-order valence-corrected chi connectivity index (χ4v) is 1.90. The van der Waals surface area contributed by atoms with Crippen molar-refractivity contribution in [3.8, 4) is 17.2 Å². The average Bonchev–Trinajstić information content (AvgIpc) is 2.43. The summed E-state index contributed by atoms with van der Waals surface area (Å²) in [6.07, 6.45) is 0.760. The van der Waals surface area contributed by atoms with E-state index in [2.05, 4.69) is 0 Å². The highest BCUT2D eigenvalue weighted by Crippen LogP contribution is 2.40. The van der Waals surface area contributed by atoms with Gasteiger partial charge in [0.25, 0.3) is 0 Å². The Morgan fingerprint density at radius 1 is 0.944 bits per heavy atom. The molecular weight excluding hydrogens is 232 g/mol. The Balaban J connectivity index is 3.12. The van der Waals surface area contributed by atoms with Crippen molar-refractivity contribution in [2.24, 2.45) is 17.4 Å². The van der Waals surface area contributed by atoms with Gasteiger partial charge in [-0.15, -0.1) is 0 Å². The van der Waals surface area contributed by atoms with E-state index in [-0.39, 0.29) is 5.92 Å². The van der Waals surface area contributed by atoms with Crippen molar-refractivity contribution in [3.63, 3.8) is 0 Å². The Kier molecular flexibility index (Phi) is 5.74. The van der Waals surface area contributed by atoms with E-state index in [0.29, 0.717) is 30.3 Å². The van der Waals surface area contributed by atoms with E-state index in [1.54, 1.807) is 21.3 Å². The van der Waals surface area contributed by atoms with Gasteiger partial charge in [0, 0.05) is 0 Å². The number of nitrogens with two attached hydrogens (primary N) is 2. The lowest BCUT2D eigenvalue weighted by Crippen LogP contribution is -2.25. The van der Waals surface area contributed by atoms with Gasteiger partial charge in [0.05, 0.1) is 21.3 Å². The van der Waals surface area contributed by atoms with Crippen molar-refractivity contribution >= 4 is 0 Å². The van der Waals surface area contributed by atoms with Gasteiger partial charge in [-0.25, -0.2) is 0 Å². The second kappa shape index (κ2) is 7.08. The van der Waals surface area contributed by atoms with Crippen molar-refractivity contribution in [2.45, 2.75) is 6.42 Å². The third kappa shape index (κ3) is 3.05. The first-order valence-corrected chi connectivity index (χ1v) is 5.89. The first-order chi connectivity index (χ1) is 8.71. The molecule has 5 nitrogen and oxygen atoms in total. The van der Waals surface area contributed by atoms with E-state index in [1.165, 1.54) is 0 Å². The van der Waals surface area contributed by atoms with Gasteiger partial charge < -0.3 is 25.7 Å². The molecule has 0 heterocycles. The summed E-state index contributed by atoms with van der Waals surface area (Å²) >= 11 is 0. The summed E-state index contributed by atoms with van der Waals surface area (Å²) in [6.45, 7) is 1.10. The van der Waals surface area contributed by atoms with Crippen LogP contribution in [0.3, 0.4) is 0 Å². The first kappa shape index (κ1) is 14.6. The molecule has 0 amide bonds. The maximum absolute atomic E-state index is 5.67. The predicted molar refractivity (Wildman–Crippen MR) is 71.4 cm³/mol. The van der Waals surface area contributed by atoms with Crippen LogP contribution in [0.25, 0.3) is 0 Å². The third-order valence-corrected chi connectivity index (χ3v) is 2.96. The molecule has 4 N–H and O–H groups in total. The van der Waals surface area contributed by atoms with Gasteiger partial charge >= 0.3 is 0 Å². The van der Waals surface area contributed by atoms with Crippen LogP contribution < -0.4 is 25.7 Å². The van der Waals surface area contributed by atoms with Gasteiger partial charge in [-0.05, 0) is 37.1 Å². The number of hydrogen-bond donors (Lipinski definition) is 2. The first-order valence-electron chi connectivity index (χ1n) is 5.89. The van der Waals surface area contributed by atoms with Crippen molar-refractivity contribution < 1.29 is 14.2 Å². The van der Waals surface area contributed by atoms with Crippen LogP contribution >= 0.6 is 0 Å². The molecule has 0 aliphatic carbocycles. The normalized spacial score (nSPS) is 10.6. The minimum Gasteiger partial charge on any atom is -0.493 e. The fraction of sp³-hybridized carbons (Fsp3) is 0.538. The SMILES string of the molecule is COc1ccc(CC(CN)CN)c(OC)c1OC. The monoisotopic (exact) mass is 254 g/mol. The zero-order chi connectivity index (χ0) is 13.5. The lowest BCUT2D eigenvalue weighted by atomic mass is 9.98. The summed E-state index contributed by atoms with van der Waals surface area (Å²) in [5.74, 6) is 2.17. The van der Waals surface area contributed by atoms with Crippen molar-refractivity contribution in [1.29, 1.82) is 0 Å². The Hall–Kier alpha value is -1.46. The van der Waals surface area contributed by atoms with Crippen LogP contribution in [0.1, 0.15) is 5.56 Å². The number of hydrogen-bond acceptors (Lipinski definition) is 5. The number of benzene rings is 1. The van der Waals surface area contributed by atoms with E-state index in [9.17, 15) is 0 Å².